The lowest BCUT2D eigenvalue weighted by Crippen LogP contribution is -2.35. The van der Waals surface area contributed by atoms with E-state index in [4.69, 9.17) is 9.47 Å². The van der Waals surface area contributed by atoms with Crippen LogP contribution in [0.1, 0.15) is 0 Å². The molecule has 0 saturated carbocycles. The summed E-state index contributed by atoms with van der Waals surface area (Å²) < 4.78 is 12.5. The second kappa shape index (κ2) is 9.57. The number of rotatable bonds is 9. The minimum Gasteiger partial charge on any atom is -0.484 e. The van der Waals surface area contributed by atoms with Gasteiger partial charge < -0.3 is 24.7 Å². The van der Waals surface area contributed by atoms with Crippen molar-refractivity contribution in [3.05, 3.63) is 60.8 Å². The van der Waals surface area contributed by atoms with Gasteiger partial charge in [0.2, 0.25) is 5.91 Å². The van der Waals surface area contributed by atoms with Crippen molar-refractivity contribution in [1.82, 2.24) is 9.88 Å². The molecule has 3 aromatic rings. The first-order valence-electron chi connectivity index (χ1n) is 8.98. The van der Waals surface area contributed by atoms with Crippen LogP contribution < -0.4 is 15.4 Å². The number of aromatic nitrogens is 1. The van der Waals surface area contributed by atoms with Crippen molar-refractivity contribution >= 4 is 28.4 Å². The van der Waals surface area contributed by atoms with Crippen LogP contribution >= 0.6 is 0 Å². The maximum atomic E-state index is 12.1. The zero-order valence-corrected chi connectivity index (χ0v) is 15.7. The molecule has 2 N–H and O–H groups in total. The summed E-state index contributed by atoms with van der Waals surface area (Å²) in [6.45, 7) is 1.14. The monoisotopic (exact) mass is 381 g/mol. The molecule has 0 radical (unpaired) electrons. The lowest BCUT2D eigenvalue weighted by Gasteiger charge is -2.09. The van der Waals surface area contributed by atoms with Gasteiger partial charge in [-0.05, 0) is 36.4 Å². The molecule has 0 unspecified atom stereocenters. The summed E-state index contributed by atoms with van der Waals surface area (Å²) in [4.78, 5) is 23.9. The van der Waals surface area contributed by atoms with Gasteiger partial charge in [-0.2, -0.15) is 0 Å². The van der Waals surface area contributed by atoms with E-state index >= 15 is 0 Å². The molecule has 1 heterocycles. The topological polar surface area (TPSA) is 81.6 Å². The Morgan fingerprint density at radius 1 is 1.04 bits per heavy atom. The Balaban J connectivity index is 1.47. The third kappa shape index (κ3) is 5.34. The summed E-state index contributed by atoms with van der Waals surface area (Å²) in [6.07, 6.45) is 1.99. The standard InChI is InChI=1S/C21H23N3O4/c1-27-12-11-24-10-9-16-13-17(7-8-19(16)24)23-20(25)14-22-21(26)15-28-18-5-3-2-4-6-18/h2-10,13H,11-12,14-15H2,1H3,(H,22,26)(H,23,25). The fraction of sp³-hybridized carbons (Fsp3) is 0.238. The third-order valence-corrected chi connectivity index (χ3v) is 4.15. The summed E-state index contributed by atoms with van der Waals surface area (Å²) in [5.74, 6) is -0.0521. The number of hydrogen-bond acceptors (Lipinski definition) is 4. The van der Waals surface area contributed by atoms with E-state index in [-0.39, 0.29) is 25.0 Å². The molecular formula is C21H23N3O4. The van der Waals surface area contributed by atoms with Gasteiger partial charge in [0.05, 0.1) is 13.2 Å². The Hall–Kier alpha value is -3.32. The van der Waals surface area contributed by atoms with Crippen molar-refractivity contribution in [2.45, 2.75) is 6.54 Å². The molecule has 0 atom stereocenters. The van der Waals surface area contributed by atoms with Crippen LogP contribution in [0.4, 0.5) is 5.69 Å². The zero-order chi connectivity index (χ0) is 19.8. The van der Waals surface area contributed by atoms with Crippen LogP contribution in [0.2, 0.25) is 0 Å². The highest BCUT2D eigenvalue weighted by Crippen LogP contribution is 2.20. The normalized spacial score (nSPS) is 10.6. The molecule has 0 fully saturated rings. The number of amides is 2. The molecule has 0 bridgehead atoms. The van der Waals surface area contributed by atoms with E-state index in [0.29, 0.717) is 18.0 Å². The average molecular weight is 381 g/mol. The van der Waals surface area contributed by atoms with Crippen molar-refractivity contribution in [3.8, 4) is 5.75 Å². The molecular weight excluding hydrogens is 358 g/mol. The van der Waals surface area contributed by atoms with E-state index in [1.165, 1.54) is 0 Å². The molecule has 146 valence electrons. The summed E-state index contributed by atoms with van der Waals surface area (Å²) in [5, 5.41) is 6.35. The van der Waals surface area contributed by atoms with E-state index in [9.17, 15) is 9.59 Å². The summed E-state index contributed by atoms with van der Waals surface area (Å²) in [6, 6.07) is 16.7. The number of nitrogens with zero attached hydrogens (tertiary/aromatic N) is 1. The lowest BCUT2D eigenvalue weighted by molar-refractivity contribution is -0.125. The van der Waals surface area contributed by atoms with E-state index in [1.54, 1.807) is 19.2 Å². The molecule has 0 aliphatic carbocycles. The number of fused-ring (bicyclic) bond motifs is 1. The molecule has 0 aliphatic rings. The molecule has 0 spiro atoms. The van der Waals surface area contributed by atoms with Crippen LogP contribution in [0.15, 0.2) is 60.8 Å². The first kappa shape index (κ1) is 19.4. The van der Waals surface area contributed by atoms with E-state index < -0.39 is 0 Å². The average Bonchev–Trinajstić information content (AvgIpc) is 3.12. The zero-order valence-electron chi connectivity index (χ0n) is 15.7. The van der Waals surface area contributed by atoms with Crippen molar-refractivity contribution in [2.75, 3.05) is 32.2 Å². The number of hydrogen-bond donors (Lipinski definition) is 2. The Morgan fingerprint density at radius 2 is 1.86 bits per heavy atom. The van der Waals surface area contributed by atoms with Gasteiger partial charge in [-0.1, -0.05) is 18.2 Å². The van der Waals surface area contributed by atoms with Gasteiger partial charge in [-0.3, -0.25) is 9.59 Å². The number of carbonyl (C=O) groups excluding carboxylic acids is 2. The molecule has 0 aliphatic heterocycles. The second-order valence-electron chi connectivity index (χ2n) is 6.20. The minimum absolute atomic E-state index is 0.121. The number of benzene rings is 2. The predicted octanol–water partition coefficient (Wildman–Crippen LogP) is 2.42. The molecule has 2 aromatic carbocycles. The number of anilines is 1. The van der Waals surface area contributed by atoms with Crippen LogP contribution in [0, 0.1) is 0 Å². The Labute approximate surface area is 163 Å². The number of carbonyl (C=O) groups is 2. The molecule has 3 rings (SSSR count). The Kier molecular flexibility index (Phi) is 6.64. The summed E-state index contributed by atoms with van der Waals surface area (Å²) >= 11 is 0. The third-order valence-electron chi connectivity index (χ3n) is 4.15. The van der Waals surface area contributed by atoms with Crippen molar-refractivity contribution in [1.29, 1.82) is 0 Å². The highest BCUT2D eigenvalue weighted by atomic mass is 16.5. The first-order valence-corrected chi connectivity index (χ1v) is 8.98. The number of methoxy groups -OCH3 is 1. The van der Waals surface area contributed by atoms with Crippen molar-refractivity contribution in [3.63, 3.8) is 0 Å². The molecule has 28 heavy (non-hydrogen) atoms. The van der Waals surface area contributed by atoms with Crippen LogP contribution in [0.5, 0.6) is 5.75 Å². The van der Waals surface area contributed by atoms with Crippen LogP contribution in [-0.4, -0.2) is 43.2 Å². The van der Waals surface area contributed by atoms with Crippen molar-refractivity contribution < 1.29 is 19.1 Å². The first-order chi connectivity index (χ1) is 13.7. The number of ether oxygens (including phenoxy) is 2. The molecule has 1 aromatic heterocycles. The van der Waals surface area contributed by atoms with Gasteiger partial charge >= 0.3 is 0 Å². The minimum atomic E-state index is -0.357. The Bertz CT molecular complexity index is 937. The van der Waals surface area contributed by atoms with Gasteiger partial charge in [0.15, 0.2) is 6.61 Å². The maximum Gasteiger partial charge on any atom is 0.258 e. The smallest absolute Gasteiger partial charge is 0.258 e. The van der Waals surface area contributed by atoms with Gasteiger partial charge in [0, 0.05) is 36.4 Å². The van der Waals surface area contributed by atoms with Crippen LogP contribution in [0.25, 0.3) is 10.9 Å². The fourth-order valence-electron chi connectivity index (χ4n) is 2.76. The molecule has 0 saturated heterocycles. The van der Waals surface area contributed by atoms with Gasteiger partial charge in [-0.15, -0.1) is 0 Å². The predicted molar refractivity (Wildman–Crippen MR) is 107 cm³/mol. The molecule has 2 amide bonds. The van der Waals surface area contributed by atoms with Crippen LogP contribution in [-0.2, 0) is 20.9 Å². The number of para-hydroxylation sites is 1. The Morgan fingerprint density at radius 3 is 2.64 bits per heavy atom. The van der Waals surface area contributed by atoms with E-state index in [1.807, 2.05) is 48.7 Å². The van der Waals surface area contributed by atoms with E-state index in [2.05, 4.69) is 15.2 Å². The second-order valence-corrected chi connectivity index (χ2v) is 6.20. The van der Waals surface area contributed by atoms with Crippen molar-refractivity contribution in [2.24, 2.45) is 0 Å². The SMILES string of the molecule is COCCn1ccc2cc(NC(=O)CNC(=O)COc3ccccc3)ccc21. The fourth-order valence-corrected chi connectivity index (χ4v) is 2.76. The quantitative estimate of drug-likeness (QED) is 0.596. The van der Waals surface area contributed by atoms with Gasteiger partial charge in [0.25, 0.3) is 5.91 Å². The maximum absolute atomic E-state index is 12.1. The van der Waals surface area contributed by atoms with Gasteiger partial charge in [0.1, 0.15) is 5.75 Å². The largest absolute Gasteiger partial charge is 0.484 e. The highest BCUT2D eigenvalue weighted by Gasteiger charge is 2.08. The summed E-state index contributed by atoms with van der Waals surface area (Å²) in [7, 11) is 1.67. The van der Waals surface area contributed by atoms with E-state index in [0.717, 1.165) is 17.4 Å². The van der Waals surface area contributed by atoms with Gasteiger partial charge in [-0.25, -0.2) is 0 Å². The lowest BCUT2D eigenvalue weighted by atomic mass is 10.2. The van der Waals surface area contributed by atoms with Crippen LogP contribution in [0.3, 0.4) is 0 Å². The molecule has 7 heteroatoms. The highest BCUT2D eigenvalue weighted by molar-refractivity contribution is 5.96. The molecule has 7 nitrogen and oxygen atoms in total. The number of nitrogens with one attached hydrogen (secondary N) is 2. The summed E-state index contributed by atoms with van der Waals surface area (Å²) in [5.41, 5.74) is 1.75.